The standard InChI is InChI=1S/C20H23N5O3S/c1-14-10-15(2)13-24(12-14)29(27,28)17-5-3-4-16(11-17)20(26)23-19-6-8-21-18-7-9-22-25(18)19/h3-9,11,14-15H,10,12-13H2,1-2H3,(H,23,26). The number of hydrogen-bond donors (Lipinski definition) is 1. The zero-order valence-corrected chi connectivity index (χ0v) is 17.1. The number of carbonyl (C=O) groups excluding carboxylic acids is 1. The lowest BCUT2D eigenvalue weighted by atomic mass is 9.94. The number of benzene rings is 1. The van der Waals surface area contributed by atoms with Gasteiger partial charge in [0, 0.05) is 30.9 Å². The molecule has 4 rings (SSSR count). The van der Waals surface area contributed by atoms with Gasteiger partial charge in [-0.1, -0.05) is 19.9 Å². The van der Waals surface area contributed by atoms with Crippen molar-refractivity contribution in [1.82, 2.24) is 18.9 Å². The van der Waals surface area contributed by atoms with Crippen LogP contribution in [0.4, 0.5) is 5.82 Å². The van der Waals surface area contributed by atoms with E-state index in [-0.39, 0.29) is 10.5 Å². The third-order valence-electron chi connectivity index (χ3n) is 5.10. The van der Waals surface area contributed by atoms with E-state index >= 15 is 0 Å². The molecule has 0 bridgehead atoms. The zero-order valence-electron chi connectivity index (χ0n) is 16.3. The van der Waals surface area contributed by atoms with Crippen molar-refractivity contribution in [2.45, 2.75) is 25.2 Å². The fraction of sp³-hybridized carbons (Fsp3) is 0.350. The summed E-state index contributed by atoms with van der Waals surface area (Å²) in [4.78, 5) is 17.0. The number of sulfonamides is 1. The molecule has 1 aliphatic heterocycles. The first kappa shape index (κ1) is 19.5. The quantitative estimate of drug-likeness (QED) is 0.709. The van der Waals surface area contributed by atoms with E-state index < -0.39 is 15.9 Å². The second kappa shape index (κ2) is 7.57. The van der Waals surface area contributed by atoms with Gasteiger partial charge in [0.2, 0.25) is 10.0 Å². The van der Waals surface area contributed by atoms with E-state index in [0.717, 1.165) is 6.42 Å². The van der Waals surface area contributed by atoms with Gasteiger partial charge in [-0.25, -0.2) is 13.4 Å². The number of nitrogens with one attached hydrogen (secondary N) is 1. The van der Waals surface area contributed by atoms with Gasteiger partial charge >= 0.3 is 0 Å². The lowest BCUT2D eigenvalue weighted by Crippen LogP contribution is -2.42. The first-order valence-electron chi connectivity index (χ1n) is 9.55. The van der Waals surface area contributed by atoms with Crippen molar-refractivity contribution in [3.8, 4) is 0 Å². The Morgan fingerprint density at radius 1 is 1.10 bits per heavy atom. The number of piperidine rings is 1. The maximum absolute atomic E-state index is 13.1. The number of hydrogen-bond acceptors (Lipinski definition) is 5. The SMILES string of the molecule is CC1CC(C)CN(S(=O)(=O)c2cccc(C(=O)Nc3ccnc4ccnn34)c2)C1. The van der Waals surface area contributed by atoms with Crippen molar-refractivity contribution >= 4 is 27.4 Å². The second-order valence-electron chi connectivity index (χ2n) is 7.68. The van der Waals surface area contributed by atoms with E-state index in [1.165, 1.54) is 21.0 Å². The molecule has 29 heavy (non-hydrogen) atoms. The van der Waals surface area contributed by atoms with Gasteiger partial charge in [0.05, 0.1) is 11.1 Å². The zero-order chi connectivity index (χ0) is 20.6. The van der Waals surface area contributed by atoms with E-state index in [1.54, 1.807) is 36.7 Å². The first-order valence-corrected chi connectivity index (χ1v) is 11.0. The van der Waals surface area contributed by atoms with Crippen LogP contribution in [-0.2, 0) is 10.0 Å². The summed E-state index contributed by atoms with van der Waals surface area (Å²) in [6.07, 6.45) is 4.18. The monoisotopic (exact) mass is 413 g/mol. The molecule has 2 unspecified atom stereocenters. The van der Waals surface area contributed by atoms with Crippen LogP contribution in [0.15, 0.2) is 53.7 Å². The minimum atomic E-state index is -3.66. The number of nitrogens with zero attached hydrogens (tertiary/aromatic N) is 4. The average molecular weight is 414 g/mol. The highest BCUT2D eigenvalue weighted by atomic mass is 32.2. The number of anilines is 1. The minimum absolute atomic E-state index is 0.130. The second-order valence-corrected chi connectivity index (χ2v) is 9.62. The van der Waals surface area contributed by atoms with E-state index in [4.69, 9.17) is 0 Å². The molecule has 1 fully saturated rings. The molecule has 8 nitrogen and oxygen atoms in total. The van der Waals surface area contributed by atoms with E-state index in [1.807, 2.05) is 0 Å². The Hall–Kier alpha value is -2.78. The van der Waals surface area contributed by atoms with E-state index in [9.17, 15) is 13.2 Å². The average Bonchev–Trinajstić information content (AvgIpc) is 3.17. The molecule has 0 saturated carbocycles. The molecule has 1 aromatic carbocycles. The van der Waals surface area contributed by atoms with Crippen LogP contribution in [0, 0.1) is 11.8 Å². The fourth-order valence-electron chi connectivity index (χ4n) is 3.87. The van der Waals surface area contributed by atoms with E-state index in [0.29, 0.717) is 36.4 Å². The molecule has 3 aromatic rings. The highest BCUT2D eigenvalue weighted by Crippen LogP contribution is 2.27. The Labute approximate surface area is 169 Å². The largest absolute Gasteiger partial charge is 0.306 e. The minimum Gasteiger partial charge on any atom is -0.306 e. The number of rotatable bonds is 4. The molecule has 1 amide bonds. The van der Waals surface area contributed by atoms with Gasteiger partial charge in [0.1, 0.15) is 5.82 Å². The maximum Gasteiger partial charge on any atom is 0.256 e. The summed E-state index contributed by atoms with van der Waals surface area (Å²) < 4.78 is 29.3. The summed E-state index contributed by atoms with van der Waals surface area (Å²) in [5, 5.41) is 6.91. The summed E-state index contributed by atoms with van der Waals surface area (Å²) in [6.45, 7) is 5.12. The number of carbonyl (C=O) groups is 1. The van der Waals surface area contributed by atoms with Gasteiger partial charge in [0.15, 0.2) is 5.65 Å². The molecule has 2 atom stereocenters. The molecule has 152 valence electrons. The van der Waals surface area contributed by atoms with Crippen LogP contribution in [0.5, 0.6) is 0 Å². The predicted octanol–water partition coefficient (Wildman–Crippen LogP) is 2.65. The van der Waals surface area contributed by atoms with Crippen LogP contribution in [-0.4, -0.2) is 46.3 Å². The van der Waals surface area contributed by atoms with Crippen LogP contribution in [0.3, 0.4) is 0 Å². The predicted molar refractivity (Wildman–Crippen MR) is 109 cm³/mol. The van der Waals surface area contributed by atoms with Crippen LogP contribution in [0.2, 0.25) is 0 Å². The molecule has 3 heterocycles. The number of amides is 1. The topological polar surface area (TPSA) is 96.7 Å². The number of fused-ring (bicyclic) bond motifs is 1. The molecule has 9 heteroatoms. The lowest BCUT2D eigenvalue weighted by Gasteiger charge is -2.34. The van der Waals surface area contributed by atoms with Crippen molar-refractivity contribution < 1.29 is 13.2 Å². The highest BCUT2D eigenvalue weighted by Gasteiger charge is 2.32. The van der Waals surface area contributed by atoms with Crippen molar-refractivity contribution in [3.05, 3.63) is 54.4 Å². The molecular weight excluding hydrogens is 390 g/mol. The molecule has 1 aliphatic rings. The van der Waals surface area contributed by atoms with Gasteiger partial charge in [-0.3, -0.25) is 4.79 Å². The van der Waals surface area contributed by atoms with Crippen LogP contribution >= 0.6 is 0 Å². The Balaban J connectivity index is 1.60. The normalized spacial score (nSPS) is 20.6. The van der Waals surface area contributed by atoms with Gasteiger partial charge in [0.25, 0.3) is 5.91 Å². The Morgan fingerprint density at radius 2 is 1.86 bits per heavy atom. The molecule has 0 spiro atoms. The number of aromatic nitrogens is 3. The van der Waals surface area contributed by atoms with Crippen LogP contribution in [0.25, 0.3) is 5.65 Å². The summed E-state index contributed by atoms with van der Waals surface area (Å²) >= 11 is 0. The third kappa shape index (κ3) is 3.88. The van der Waals surface area contributed by atoms with Crippen LogP contribution in [0.1, 0.15) is 30.6 Å². The molecule has 0 aliphatic carbocycles. The maximum atomic E-state index is 13.1. The van der Waals surface area contributed by atoms with E-state index in [2.05, 4.69) is 29.2 Å². The Kier molecular flexibility index (Phi) is 5.10. The van der Waals surface area contributed by atoms with Crippen molar-refractivity contribution in [2.75, 3.05) is 18.4 Å². The lowest BCUT2D eigenvalue weighted by molar-refractivity contribution is 0.102. The molecule has 0 radical (unpaired) electrons. The van der Waals surface area contributed by atoms with Crippen LogP contribution < -0.4 is 5.32 Å². The summed E-state index contributed by atoms with van der Waals surface area (Å²) in [6, 6.07) is 9.51. The first-order chi connectivity index (χ1) is 13.8. The van der Waals surface area contributed by atoms with Crippen molar-refractivity contribution in [2.24, 2.45) is 11.8 Å². The van der Waals surface area contributed by atoms with Gasteiger partial charge in [-0.2, -0.15) is 13.9 Å². The van der Waals surface area contributed by atoms with Gasteiger partial charge < -0.3 is 5.32 Å². The molecule has 2 aromatic heterocycles. The smallest absolute Gasteiger partial charge is 0.256 e. The molecule has 1 saturated heterocycles. The summed E-state index contributed by atoms with van der Waals surface area (Å²) in [5.41, 5.74) is 0.869. The van der Waals surface area contributed by atoms with Crippen molar-refractivity contribution in [1.29, 1.82) is 0 Å². The molecule has 1 N–H and O–H groups in total. The Bertz CT molecular complexity index is 1150. The summed E-state index contributed by atoms with van der Waals surface area (Å²) in [5.74, 6) is 0.661. The van der Waals surface area contributed by atoms with Crippen molar-refractivity contribution in [3.63, 3.8) is 0 Å². The van der Waals surface area contributed by atoms with Gasteiger partial charge in [-0.15, -0.1) is 0 Å². The van der Waals surface area contributed by atoms with Gasteiger partial charge in [-0.05, 0) is 42.5 Å². The molecular formula is C20H23N5O3S. The third-order valence-corrected chi connectivity index (χ3v) is 6.93. The highest BCUT2D eigenvalue weighted by molar-refractivity contribution is 7.89. The fourth-order valence-corrected chi connectivity index (χ4v) is 5.59. The Morgan fingerprint density at radius 3 is 2.62 bits per heavy atom. The summed E-state index contributed by atoms with van der Waals surface area (Å²) in [7, 11) is -3.66.